The van der Waals surface area contributed by atoms with Crippen LogP contribution in [0.1, 0.15) is 15.9 Å². The first-order chi connectivity index (χ1) is 15.4. The molecule has 0 radical (unpaired) electrons. The Kier molecular flexibility index (Phi) is 7.99. The van der Waals surface area contributed by atoms with Crippen molar-refractivity contribution in [2.75, 3.05) is 11.9 Å². The molecule has 0 aromatic heterocycles. The van der Waals surface area contributed by atoms with E-state index in [2.05, 4.69) is 10.1 Å². The predicted octanol–water partition coefficient (Wildman–Crippen LogP) is 5.32. The summed E-state index contributed by atoms with van der Waals surface area (Å²) in [5, 5.41) is 3.10. The molecule has 6 nitrogen and oxygen atoms in total. The second-order valence-corrected chi connectivity index (χ2v) is 6.87. The lowest BCUT2D eigenvalue weighted by Crippen LogP contribution is -2.21. The van der Waals surface area contributed by atoms with Crippen LogP contribution in [-0.2, 0) is 16.1 Å². The molecule has 0 heterocycles. The molecule has 1 N–H and O–H groups in total. The summed E-state index contributed by atoms with van der Waals surface area (Å²) in [6.07, 6.45) is 0. The Balaban J connectivity index is 1.53. The number of rotatable bonds is 9. The Morgan fingerprint density at radius 1 is 0.938 bits per heavy atom. The molecule has 1 amide bonds. The van der Waals surface area contributed by atoms with Gasteiger partial charge in [0.05, 0.1) is 0 Å². The molecule has 0 fully saturated rings. The van der Waals surface area contributed by atoms with Crippen LogP contribution in [0.4, 0.5) is 14.5 Å². The van der Waals surface area contributed by atoms with Crippen LogP contribution < -0.4 is 14.8 Å². The van der Waals surface area contributed by atoms with Gasteiger partial charge < -0.3 is 19.5 Å². The van der Waals surface area contributed by atoms with Gasteiger partial charge in [0.15, 0.2) is 6.61 Å². The molecule has 3 rings (SSSR count). The van der Waals surface area contributed by atoms with E-state index in [0.29, 0.717) is 16.5 Å². The fourth-order valence-electron chi connectivity index (χ4n) is 2.63. The van der Waals surface area contributed by atoms with E-state index in [4.69, 9.17) is 21.1 Å². The van der Waals surface area contributed by atoms with E-state index < -0.39 is 25.1 Å². The molecular weight excluding hydrogens is 444 g/mol. The van der Waals surface area contributed by atoms with Gasteiger partial charge in [-0.1, -0.05) is 35.9 Å². The molecule has 0 bridgehead atoms. The molecule has 0 saturated carbocycles. The van der Waals surface area contributed by atoms with E-state index in [1.807, 2.05) is 0 Å². The summed E-state index contributed by atoms with van der Waals surface area (Å²) in [5.74, 6) is -1.06. The highest BCUT2D eigenvalue weighted by molar-refractivity contribution is 6.30. The number of esters is 1. The Labute approximate surface area is 187 Å². The van der Waals surface area contributed by atoms with Crippen molar-refractivity contribution in [3.8, 4) is 11.5 Å². The fourth-order valence-corrected chi connectivity index (χ4v) is 2.75. The van der Waals surface area contributed by atoms with Crippen LogP contribution in [0.2, 0.25) is 5.02 Å². The summed E-state index contributed by atoms with van der Waals surface area (Å²) in [7, 11) is 0. The molecule has 9 heteroatoms. The number of hydrogen-bond donors (Lipinski definition) is 1. The standard InChI is InChI=1S/C23H18ClF2NO5/c24-16-7-5-15(6-8-16)13-30-20-4-2-1-3-19(20)22(29)31-14-21(28)27-17-9-11-18(12-10-17)32-23(25)26/h1-12,23H,13-14H2,(H,27,28). The quantitative estimate of drug-likeness (QED) is 0.437. The zero-order valence-corrected chi connectivity index (χ0v) is 17.4. The van der Waals surface area contributed by atoms with Crippen molar-refractivity contribution in [3.05, 3.63) is 88.9 Å². The number of carbonyl (C=O) groups is 2. The van der Waals surface area contributed by atoms with Crippen LogP contribution in [0.5, 0.6) is 11.5 Å². The highest BCUT2D eigenvalue weighted by Crippen LogP contribution is 2.21. The van der Waals surface area contributed by atoms with Crippen LogP contribution in [0.15, 0.2) is 72.8 Å². The van der Waals surface area contributed by atoms with Gasteiger partial charge >= 0.3 is 12.6 Å². The molecule has 32 heavy (non-hydrogen) atoms. The number of benzene rings is 3. The lowest BCUT2D eigenvalue weighted by Gasteiger charge is -2.12. The van der Waals surface area contributed by atoms with Gasteiger partial charge in [-0.3, -0.25) is 4.79 Å². The van der Waals surface area contributed by atoms with E-state index in [1.54, 1.807) is 42.5 Å². The average Bonchev–Trinajstić information content (AvgIpc) is 2.78. The van der Waals surface area contributed by atoms with Crippen LogP contribution in [0.25, 0.3) is 0 Å². The molecule has 0 aliphatic carbocycles. The third-order valence-corrected chi connectivity index (χ3v) is 4.36. The van der Waals surface area contributed by atoms with E-state index >= 15 is 0 Å². The Bertz CT molecular complexity index is 1060. The number of carbonyl (C=O) groups excluding carboxylic acids is 2. The maximum atomic E-state index is 12.4. The van der Waals surface area contributed by atoms with Gasteiger partial charge in [-0.05, 0) is 54.1 Å². The van der Waals surface area contributed by atoms with Crippen molar-refractivity contribution in [1.82, 2.24) is 0 Å². The molecule has 3 aromatic rings. The van der Waals surface area contributed by atoms with Gasteiger partial charge in [0.25, 0.3) is 5.91 Å². The molecule has 0 unspecified atom stereocenters. The van der Waals surface area contributed by atoms with Gasteiger partial charge in [0, 0.05) is 10.7 Å². The second-order valence-electron chi connectivity index (χ2n) is 6.44. The molecule has 166 valence electrons. The van der Waals surface area contributed by atoms with Crippen LogP contribution in [-0.4, -0.2) is 25.1 Å². The number of ether oxygens (including phenoxy) is 3. The number of alkyl halides is 2. The number of halogens is 3. The molecule has 0 aliphatic heterocycles. The Morgan fingerprint density at radius 2 is 1.62 bits per heavy atom. The molecule has 3 aromatic carbocycles. The molecular formula is C23H18ClF2NO5. The first-order valence-corrected chi connectivity index (χ1v) is 9.76. The maximum Gasteiger partial charge on any atom is 0.387 e. The van der Waals surface area contributed by atoms with Gasteiger partial charge in [0.2, 0.25) is 0 Å². The molecule has 0 aliphatic rings. The summed E-state index contributed by atoms with van der Waals surface area (Å²) in [4.78, 5) is 24.5. The van der Waals surface area contributed by atoms with E-state index in [9.17, 15) is 18.4 Å². The minimum absolute atomic E-state index is 0.0420. The van der Waals surface area contributed by atoms with Crippen molar-refractivity contribution >= 4 is 29.2 Å². The predicted molar refractivity (Wildman–Crippen MR) is 114 cm³/mol. The molecule has 0 spiro atoms. The van der Waals surface area contributed by atoms with Crippen molar-refractivity contribution in [3.63, 3.8) is 0 Å². The second kappa shape index (κ2) is 11.1. The minimum Gasteiger partial charge on any atom is -0.488 e. The summed E-state index contributed by atoms with van der Waals surface area (Å²) in [6.45, 7) is -3.26. The highest BCUT2D eigenvalue weighted by atomic mass is 35.5. The van der Waals surface area contributed by atoms with E-state index in [-0.39, 0.29) is 17.9 Å². The van der Waals surface area contributed by atoms with Gasteiger partial charge in [-0.25, -0.2) is 4.79 Å². The number of hydrogen-bond acceptors (Lipinski definition) is 5. The van der Waals surface area contributed by atoms with Crippen molar-refractivity contribution in [2.24, 2.45) is 0 Å². The number of amides is 1. The topological polar surface area (TPSA) is 73.9 Å². The lowest BCUT2D eigenvalue weighted by atomic mass is 10.2. The first kappa shape index (κ1) is 23.0. The zero-order valence-electron chi connectivity index (χ0n) is 16.6. The highest BCUT2D eigenvalue weighted by Gasteiger charge is 2.16. The van der Waals surface area contributed by atoms with Crippen LogP contribution in [0, 0.1) is 0 Å². The van der Waals surface area contributed by atoms with Crippen molar-refractivity contribution < 1.29 is 32.6 Å². The SMILES string of the molecule is O=C(COC(=O)c1ccccc1OCc1ccc(Cl)cc1)Nc1ccc(OC(F)F)cc1. The average molecular weight is 462 g/mol. The maximum absolute atomic E-state index is 12.4. The van der Waals surface area contributed by atoms with E-state index in [1.165, 1.54) is 30.3 Å². The molecule has 0 atom stereocenters. The minimum atomic E-state index is -2.94. The molecule has 0 saturated heterocycles. The van der Waals surface area contributed by atoms with Gasteiger partial charge in [0.1, 0.15) is 23.7 Å². The van der Waals surface area contributed by atoms with Crippen LogP contribution >= 0.6 is 11.6 Å². The van der Waals surface area contributed by atoms with Crippen molar-refractivity contribution in [1.29, 1.82) is 0 Å². The number of anilines is 1. The fraction of sp³-hybridized carbons (Fsp3) is 0.130. The van der Waals surface area contributed by atoms with Gasteiger partial charge in [-0.2, -0.15) is 8.78 Å². The normalized spacial score (nSPS) is 10.5. The Morgan fingerprint density at radius 3 is 2.31 bits per heavy atom. The van der Waals surface area contributed by atoms with Gasteiger partial charge in [-0.15, -0.1) is 0 Å². The van der Waals surface area contributed by atoms with Crippen LogP contribution in [0.3, 0.4) is 0 Å². The van der Waals surface area contributed by atoms with Crippen molar-refractivity contribution in [2.45, 2.75) is 13.2 Å². The Hall–Kier alpha value is -3.65. The third-order valence-electron chi connectivity index (χ3n) is 4.11. The summed E-state index contributed by atoms with van der Waals surface area (Å²) in [6, 6.07) is 18.9. The largest absolute Gasteiger partial charge is 0.488 e. The smallest absolute Gasteiger partial charge is 0.387 e. The lowest BCUT2D eigenvalue weighted by molar-refractivity contribution is -0.119. The summed E-state index contributed by atoms with van der Waals surface area (Å²) < 4.78 is 39.4. The monoisotopic (exact) mass is 461 g/mol. The number of para-hydroxylation sites is 1. The summed E-state index contributed by atoms with van der Waals surface area (Å²) in [5.41, 5.74) is 1.36. The zero-order chi connectivity index (χ0) is 22.9. The first-order valence-electron chi connectivity index (χ1n) is 9.39. The number of nitrogens with one attached hydrogen (secondary N) is 1. The third kappa shape index (κ3) is 6.95. The summed E-state index contributed by atoms with van der Waals surface area (Å²) >= 11 is 5.86. The van der Waals surface area contributed by atoms with E-state index in [0.717, 1.165) is 5.56 Å².